The van der Waals surface area contributed by atoms with Gasteiger partial charge < -0.3 is 5.32 Å². The predicted octanol–water partition coefficient (Wildman–Crippen LogP) is 4.42. The molecule has 0 atom stereocenters. The molecule has 0 unspecified atom stereocenters. The molecule has 2 heterocycles. The number of halogens is 1. The first-order valence-corrected chi connectivity index (χ1v) is 9.97. The second kappa shape index (κ2) is 8.00. The second-order valence-electron chi connectivity index (χ2n) is 6.52. The van der Waals surface area contributed by atoms with Crippen LogP contribution in [-0.2, 0) is 5.75 Å². The average Bonchev–Trinajstić information content (AvgIpc) is 3.11. The summed E-state index contributed by atoms with van der Waals surface area (Å²) in [6.07, 6.45) is 0. The smallest absolute Gasteiger partial charge is 0.256 e. The van der Waals surface area contributed by atoms with Crippen LogP contribution in [0.3, 0.4) is 0 Å². The second-order valence-corrected chi connectivity index (χ2v) is 7.47. The van der Waals surface area contributed by atoms with Crippen LogP contribution in [0.25, 0.3) is 5.78 Å². The molecule has 0 saturated heterocycles. The zero-order valence-corrected chi connectivity index (χ0v) is 16.7. The molecule has 8 heteroatoms. The molecular formula is C21H18FN5OS. The van der Waals surface area contributed by atoms with Gasteiger partial charge in [-0.25, -0.2) is 13.9 Å². The normalized spacial score (nSPS) is 11.0. The first-order chi connectivity index (χ1) is 14.0. The third kappa shape index (κ3) is 4.12. The number of thioether (sulfide) groups is 1. The quantitative estimate of drug-likeness (QED) is 0.496. The van der Waals surface area contributed by atoms with Crippen LogP contribution in [0.15, 0.2) is 59.8 Å². The number of nitrogens with zero attached hydrogens (tertiary/aromatic N) is 4. The van der Waals surface area contributed by atoms with Crippen molar-refractivity contribution in [1.82, 2.24) is 19.6 Å². The number of rotatable bonds is 5. The van der Waals surface area contributed by atoms with Gasteiger partial charge in [-0.2, -0.15) is 4.98 Å². The van der Waals surface area contributed by atoms with Crippen molar-refractivity contribution in [2.24, 2.45) is 0 Å². The zero-order chi connectivity index (χ0) is 20.4. The number of para-hydroxylation sites is 1. The molecule has 0 fully saturated rings. The average molecular weight is 407 g/mol. The number of benzene rings is 2. The topological polar surface area (TPSA) is 72.2 Å². The molecule has 0 aliphatic rings. The van der Waals surface area contributed by atoms with Crippen LogP contribution in [0.1, 0.15) is 27.3 Å². The van der Waals surface area contributed by atoms with Crippen LogP contribution in [0, 0.1) is 19.7 Å². The first kappa shape index (κ1) is 19.1. The summed E-state index contributed by atoms with van der Waals surface area (Å²) in [5, 5.41) is 7.69. The van der Waals surface area contributed by atoms with Crippen molar-refractivity contribution in [3.8, 4) is 0 Å². The molecular weight excluding hydrogens is 389 g/mol. The molecule has 4 aromatic rings. The number of carbonyl (C=O) groups is 1. The number of amides is 1. The highest BCUT2D eigenvalue weighted by Gasteiger charge is 2.15. The molecule has 2 aromatic heterocycles. The van der Waals surface area contributed by atoms with E-state index in [9.17, 15) is 9.18 Å². The SMILES string of the molecule is Cc1cc(C)n2nc(SCc3ccccc3C(=O)Nc3ccccc3F)nc2n1. The van der Waals surface area contributed by atoms with Crippen molar-refractivity contribution in [2.75, 3.05) is 5.32 Å². The summed E-state index contributed by atoms with van der Waals surface area (Å²) in [7, 11) is 0. The maximum atomic E-state index is 13.9. The van der Waals surface area contributed by atoms with Crippen LogP contribution in [-0.4, -0.2) is 25.5 Å². The van der Waals surface area contributed by atoms with Gasteiger partial charge >= 0.3 is 0 Å². The highest BCUT2D eigenvalue weighted by Crippen LogP contribution is 2.24. The van der Waals surface area contributed by atoms with Crippen molar-refractivity contribution in [1.29, 1.82) is 0 Å². The Labute approximate surface area is 171 Å². The third-order valence-corrected chi connectivity index (χ3v) is 5.23. The van der Waals surface area contributed by atoms with Crippen molar-refractivity contribution in [3.63, 3.8) is 0 Å². The number of nitrogens with one attached hydrogen (secondary N) is 1. The maximum Gasteiger partial charge on any atom is 0.256 e. The van der Waals surface area contributed by atoms with E-state index in [2.05, 4.69) is 20.4 Å². The van der Waals surface area contributed by atoms with E-state index in [1.165, 1.54) is 23.9 Å². The van der Waals surface area contributed by atoms with Crippen LogP contribution >= 0.6 is 11.8 Å². The minimum atomic E-state index is -0.472. The van der Waals surface area contributed by atoms with Crippen LogP contribution in [0.5, 0.6) is 0 Å². The van der Waals surface area contributed by atoms with Gasteiger partial charge in [0.05, 0.1) is 5.69 Å². The van der Waals surface area contributed by atoms with Gasteiger partial charge in [0.1, 0.15) is 5.82 Å². The fourth-order valence-electron chi connectivity index (χ4n) is 2.97. The van der Waals surface area contributed by atoms with Gasteiger partial charge in [-0.3, -0.25) is 4.79 Å². The van der Waals surface area contributed by atoms with Crippen molar-refractivity contribution >= 4 is 29.1 Å². The number of carbonyl (C=O) groups excluding carboxylic acids is 1. The molecule has 0 radical (unpaired) electrons. The predicted molar refractivity (Wildman–Crippen MR) is 111 cm³/mol. The lowest BCUT2D eigenvalue weighted by molar-refractivity contribution is 0.102. The lowest BCUT2D eigenvalue weighted by Crippen LogP contribution is -2.14. The fourth-order valence-corrected chi connectivity index (χ4v) is 3.79. The highest BCUT2D eigenvalue weighted by molar-refractivity contribution is 7.98. The van der Waals surface area contributed by atoms with Crippen LogP contribution in [0.2, 0.25) is 0 Å². The van der Waals surface area contributed by atoms with Gasteiger partial charge in [0.25, 0.3) is 11.7 Å². The van der Waals surface area contributed by atoms with Crippen molar-refractivity contribution in [3.05, 3.63) is 82.9 Å². The summed E-state index contributed by atoms with van der Waals surface area (Å²) in [4.78, 5) is 21.5. The number of hydrogen-bond acceptors (Lipinski definition) is 5. The van der Waals surface area contributed by atoms with E-state index in [1.54, 1.807) is 28.8 Å². The Balaban J connectivity index is 1.54. The fraction of sp³-hybridized carbons (Fsp3) is 0.143. The summed E-state index contributed by atoms with van der Waals surface area (Å²) >= 11 is 1.42. The lowest BCUT2D eigenvalue weighted by Gasteiger charge is -2.10. The molecule has 6 nitrogen and oxygen atoms in total. The van der Waals surface area contributed by atoms with Gasteiger partial charge in [-0.1, -0.05) is 42.1 Å². The Morgan fingerprint density at radius 1 is 1.10 bits per heavy atom. The van der Waals surface area contributed by atoms with E-state index >= 15 is 0 Å². The van der Waals surface area contributed by atoms with Gasteiger partial charge in [-0.05, 0) is 43.7 Å². The monoisotopic (exact) mass is 407 g/mol. The Morgan fingerprint density at radius 2 is 1.86 bits per heavy atom. The number of anilines is 1. The number of aryl methyl sites for hydroxylation is 2. The molecule has 2 aromatic carbocycles. The number of hydrogen-bond donors (Lipinski definition) is 1. The Bertz CT molecular complexity index is 1210. The number of fused-ring (bicyclic) bond motifs is 1. The molecule has 29 heavy (non-hydrogen) atoms. The molecule has 1 amide bonds. The molecule has 1 N–H and O–H groups in total. The van der Waals surface area contributed by atoms with Gasteiger partial charge in [0, 0.05) is 22.7 Å². The minimum Gasteiger partial charge on any atom is -0.319 e. The molecule has 0 aliphatic carbocycles. The highest BCUT2D eigenvalue weighted by atomic mass is 32.2. The maximum absolute atomic E-state index is 13.9. The summed E-state index contributed by atoms with van der Waals surface area (Å²) in [6.45, 7) is 3.87. The van der Waals surface area contributed by atoms with Crippen LogP contribution in [0.4, 0.5) is 10.1 Å². The molecule has 146 valence electrons. The van der Waals surface area contributed by atoms with E-state index in [1.807, 2.05) is 32.0 Å². The van der Waals surface area contributed by atoms with E-state index in [4.69, 9.17) is 0 Å². The zero-order valence-electron chi connectivity index (χ0n) is 15.9. The van der Waals surface area contributed by atoms with E-state index in [0.717, 1.165) is 17.0 Å². The Hall–Kier alpha value is -3.26. The number of aromatic nitrogens is 4. The minimum absolute atomic E-state index is 0.152. The standard InChI is InChI=1S/C21H18FN5OS/c1-13-11-14(2)27-20(23-13)25-21(26-27)29-12-15-7-3-4-8-16(15)19(28)24-18-10-6-5-9-17(18)22/h3-11H,12H2,1-2H3,(H,24,28). The largest absolute Gasteiger partial charge is 0.319 e. The summed E-state index contributed by atoms with van der Waals surface area (Å²) in [6, 6.07) is 15.3. The van der Waals surface area contributed by atoms with Gasteiger partial charge in [0.2, 0.25) is 5.16 Å². The molecule has 0 bridgehead atoms. The third-order valence-electron chi connectivity index (χ3n) is 4.34. The summed E-state index contributed by atoms with van der Waals surface area (Å²) in [5.74, 6) is 0.216. The van der Waals surface area contributed by atoms with E-state index in [0.29, 0.717) is 22.3 Å². The van der Waals surface area contributed by atoms with Gasteiger partial charge in [0.15, 0.2) is 0 Å². The molecule has 0 spiro atoms. The molecule has 0 aliphatic heterocycles. The lowest BCUT2D eigenvalue weighted by atomic mass is 10.1. The van der Waals surface area contributed by atoms with E-state index < -0.39 is 5.82 Å². The summed E-state index contributed by atoms with van der Waals surface area (Å²) < 4.78 is 15.6. The van der Waals surface area contributed by atoms with Crippen molar-refractivity contribution in [2.45, 2.75) is 24.8 Å². The van der Waals surface area contributed by atoms with Gasteiger partial charge in [-0.15, -0.1) is 5.10 Å². The van der Waals surface area contributed by atoms with Crippen molar-refractivity contribution < 1.29 is 9.18 Å². The molecule has 0 saturated carbocycles. The Kier molecular flexibility index (Phi) is 5.26. The summed E-state index contributed by atoms with van der Waals surface area (Å²) in [5.41, 5.74) is 3.28. The first-order valence-electron chi connectivity index (χ1n) is 8.99. The van der Waals surface area contributed by atoms with E-state index in [-0.39, 0.29) is 11.6 Å². The Morgan fingerprint density at radius 3 is 2.69 bits per heavy atom. The van der Waals surface area contributed by atoms with Crippen LogP contribution < -0.4 is 5.32 Å². The molecule has 4 rings (SSSR count).